The lowest BCUT2D eigenvalue weighted by Crippen LogP contribution is -2.16. The van der Waals surface area contributed by atoms with Gasteiger partial charge in [-0.2, -0.15) is 0 Å². The molecule has 2 heterocycles. The molecular formula is C17H15F3N4OS. The molecule has 3 aromatic rings. The molecule has 26 heavy (non-hydrogen) atoms. The Morgan fingerprint density at radius 3 is 2.50 bits per heavy atom. The topological polar surface area (TPSA) is 52.8 Å². The molecule has 0 saturated carbocycles. The fraction of sp³-hybridized carbons (Fsp3) is 0.235. The summed E-state index contributed by atoms with van der Waals surface area (Å²) in [6.45, 7) is 2.69. The molecule has 3 rings (SSSR count). The van der Waals surface area contributed by atoms with Crippen LogP contribution in [0.15, 0.2) is 53.9 Å². The number of rotatable bonds is 6. The number of ether oxygens (including phenoxy) is 1. The van der Waals surface area contributed by atoms with Crippen molar-refractivity contribution < 1.29 is 17.9 Å². The van der Waals surface area contributed by atoms with Crippen LogP contribution in [-0.2, 0) is 12.3 Å². The highest BCUT2D eigenvalue weighted by Gasteiger charge is 2.30. The van der Waals surface area contributed by atoms with E-state index in [2.05, 4.69) is 19.9 Å². The average molecular weight is 380 g/mol. The van der Waals surface area contributed by atoms with Crippen LogP contribution < -0.4 is 4.74 Å². The molecule has 9 heteroatoms. The van der Waals surface area contributed by atoms with E-state index >= 15 is 0 Å². The maximum absolute atomic E-state index is 12.2. The van der Waals surface area contributed by atoms with Crippen LogP contribution in [0.1, 0.15) is 12.5 Å². The van der Waals surface area contributed by atoms with E-state index in [1.54, 1.807) is 24.5 Å². The van der Waals surface area contributed by atoms with Gasteiger partial charge in [-0.25, -0.2) is 0 Å². The number of hydrogen-bond donors (Lipinski definition) is 0. The van der Waals surface area contributed by atoms with Gasteiger partial charge in [0.05, 0.1) is 0 Å². The Kier molecular flexibility index (Phi) is 5.46. The number of benzene rings is 1. The van der Waals surface area contributed by atoms with Crippen LogP contribution in [-0.4, -0.2) is 26.1 Å². The number of hydrogen-bond acceptors (Lipinski definition) is 5. The Balaban J connectivity index is 1.69. The van der Waals surface area contributed by atoms with Gasteiger partial charge in [-0.05, 0) is 36.8 Å². The summed E-state index contributed by atoms with van der Waals surface area (Å²) in [5.74, 6) is 1.05. The maximum atomic E-state index is 12.2. The fourth-order valence-electron chi connectivity index (χ4n) is 2.32. The number of halogens is 3. The SMILES string of the molecule is CCn1c(SCc2ccc(OC(F)(F)F)cc2)nnc1-c1cccnc1. The highest BCUT2D eigenvalue weighted by molar-refractivity contribution is 7.98. The van der Waals surface area contributed by atoms with E-state index in [0.29, 0.717) is 12.3 Å². The number of aromatic nitrogens is 4. The molecule has 2 aromatic heterocycles. The first-order valence-electron chi connectivity index (χ1n) is 7.77. The lowest BCUT2D eigenvalue weighted by Gasteiger charge is -2.09. The van der Waals surface area contributed by atoms with Crippen LogP contribution in [0.2, 0.25) is 0 Å². The molecule has 0 bridgehead atoms. The number of nitrogens with zero attached hydrogens (tertiary/aromatic N) is 4. The van der Waals surface area contributed by atoms with Crippen molar-refractivity contribution in [2.45, 2.75) is 30.7 Å². The van der Waals surface area contributed by atoms with Crippen LogP contribution >= 0.6 is 11.8 Å². The van der Waals surface area contributed by atoms with Crippen molar-refractivity contribution >= 4 is 11.8 Å². The van der Waals surface area contributed by atoms with Crippen molar-refractivity contribution in [3.8, 4) is 17.1 Å². The van der Waals surface area contributed by atoms with Gasteiger partial charge in [0.2, 0.25) is 0 Å². The van der Waals surface area contributed by atoms with Crippen molar-refractivity contribution in [1.82, 2.24) is 19.7 Å². The monoisotopic (exact) mass is 380 g/mol. The average Bonchev–Trinajstić information content (AvgIpc) is 3.03. The van der Waals surface area contributed by atoms with Gasteiger partial charge in [0, 0.05) is 30.3 Å². The van der Waals surface area contributed by atoms with Crippen LogP contribution in [0, 0.1) is 0 Å². The third kappa shape index (κ3) is 4.54. The summed E-state index contributed by atoms with van der Waals surface area (Å²) in [6.07, 6.45) is -1.27. The van der Waals surface area contributed by atoms with Gasteiger partial charge in [-0.3, -0.25) is 4.98 Å². The Hall–Kier alpha value is -2.55. The lowest BCUT2D eigenvalue weighted by atomic mass is 10.2. The van der Waals surface area contributed by atoms with Gasteiger partial charge in [-0.1, -0.05) is 23.9 Å². The second-order valence-corrected chi connectivity index (χ2v) is 6.22. The zero-order valence-corrected chi connectivity index (χ0v) is 14.6. The third-order valence-corrected chi connectivity index (χ3v) is 4.52. The first-order chi connectivity index (χ1) is 12.5. The minimum Gasteiger partial charge on any atom is -0.406 e. The third-order valence-electron chi connectivity index (χ3n) is 3.48. The van der Waals surface area contributed by atoms with E-state index in [9.17, 15) is 13.2 Å². The summed E-state index contributed by atoms with van der Waals surface area (Å²) >= 11 is 1.47. The van der Waals surface area contributed by atoms with Crippen molar-refractivity contribution in [3.63, 3.8) is 0 Å². The molecule has 0 unspecified atom stereocenters. The Morgan fingerprint density at radius 1 is 1.12 bits per heavy atom. The van der Waals surface area contributed by atoms with Crippen molar-refractivity contribution in [2.75, 3.05) is 0 Å². The predicted octanol–water partition coefficient (Wildman–Crippen LogP) is 4.55. The summed E-state index contributed by atoms with van der Waals surface area (Å²) in [6, 6.07) is 9.55. The number of pyridine rings is 1. The van der Waals surface area contributed by atoms with Crippen LogP contribution in [0.4, 0.5) is 13.2 Å². The van der Waals surface area contributed by atoms with E-state index < -0.39 is 6.36 Å². The number of alkyl halides is 3. The van der Waals surface area contributed by atoms with Crippen molar-refractivity contribution in [2.24, 2.45) is 0 Å². The second-order valence-electron chi connectivity index (χ2n) is 5.27. The molecule has 0 aliphatic carbocycles. The van der Waals surface area contributed by atoms with Crippen molar-refractivity contribution in [3.05, 3.63) is 54.4 Å². The molecule has 136 valence electrons. The van der Waals surface area contributed by atoms with Crippen molar-refractivity contribution in [1.29, 1.82) is 0 Å². The summed E-state index contributed by atoms with van der Waals surface area (Å²) in [5, 5.41) is 9.19. The van der Waals surface area contributed by atoms with Crippen LogP contribution in [0.5, 0.6) is 5.75 Å². The molecule has 0 fully saturated rings. The molecular weight excluding hydrogens is 365 g/mol. The van der Waals surface area contributed by atoms with Gasteiger partial charge in [-0.15, -0.1) is 23.4 Å². The normalized spacial score (nSPS) is 11.5. The highest BCUT2D eigenvalue weighted by atomic mass is 32.2. The van der Waals surface area contributed by atoms with Gasteiger partial charge < -0.3 is 9.30 Å². The number of thioether (sulfide) groups is 1. The summed E-state index contributed by atoms with van der Waals surface area (Å²) < 4.78 is 42.4. The molecule has 0 spiro atoms. The van der Waals surface area contributed by atoms with E-state index in [-0.39, 0.29) is 5.75 Å². The molecule has 5 nitrogen and oxygen atoms in total. The van der Waals surface area contributed by atoms with Gasteiger partial charge >= 0.3 is 6.36 Å². The van der Waals surface area contributed by atoms with Crippen LogP contribution in [0.3, 0.4) is 0 Å². The standard InChI is InChI=1S/C17H15F3N4OS/c1-2-24-15(13-4-3-9-21-10-13)22-23-16(24)26-11-12-5-7-14(8-6-12)25-17(18,19)20/h3-10H,2,11H2,1H3. The molecule has 0 radical (unpaired) electrons. The molecule has 0 aliphatic heterocycles. The molecule has 0 atom stereocenters. The highest BCUT2D eigenvalue weighted by Crippen LogP contribution is 2.28. The van der Waals surface area contributed by atoms with Gasteiger partial charge in [0.1, 0.15) is 5.75 Å². The lowest BCUT2D eigenvalue weighted by molar-refractivity contribution is -0.274. The predicted molar refractivity (Wildman–Crippen MR) is 91.6 cm³/mol. The zero-order chi connectivity index (χ0) is 18.6. The first-order valence-corrected chi connectivity index (χ1v) is 8.76. The second kappa shape index (κ2) is 7.77. The van der Waals surface area contributed by atoms with E-state index in [1.807, 2.05) is 23.6 Å². The Bertz CT molecular complexity index is 851. The summed E-state index contributed by atoms with van der Waals surface area (Å²) in [5.41, 5.74) is 1.74. The molecule has 0 aliphatic rings. The van der Waals surface area contributed by atoms with Crippen LogP contribution in [0.25, 0.3) is 11.4 Å². The minimum atomic E-state index is -4.68. The maximum Gasteiger partial charge on any atom is 0.573 e. The smallest absolute Gasteiger partial charge is 0.406 e. The molecule has 0 saturated heterocycles. The molecule has 0 amide bonds. The van der Waals surface area contributed by atoms with E-state index in [1.165, 1.54) is 23.9 Å². The Labute approximate surface area is 152 Å². The molecule has 1 aromatic carbocycles. The van der Waals surface area contributed by atoms with E-state index in [0.717, 1.165) is 22.1 Å². The summed E-state index contributed by atoms with van der Waals surface area (Å²) in [7, 11) is 0. The molecule has 0 N–H and O–H groups in total. The quantitative estimate of drug-likeness (QED) is 0.587. The first kappa shape index (κ1) is 18.2. The Morgan fingerprint density at radius 2 is 1.88 bits per heavy atom. The van der Waals surface area contributed by atoms with Gasteiger partial charge in [0.15, 0.2) is 11.0 Å². The van der Waals surface area contributed by atoms with Gasteiger partial charge in [0.25, 0.3) is 0 Å². The fourth-order valence-corrected chi connectivity index (χ4v) is 3.28. The zero-order valence-electron chi connectivity index (χ0n) is 13.8. The minimum absolute atomic E-state index is 0.234. The van der Waals surface area contributed by atoms with E-state index in [4.69, 9.17) is 0 Å². The largest absolute Gasteiger partial charge is 0.573 e. The summed E-state index contributed by atoms with van der Waals surface area (Å²) in [4.78, 5) is 4.09.